The molecule has 1 amide bonds. The number of piperazine rings is 1. The molecule has 19 heavy (non-hydrogen) atoms. The molecule has 5 heteroatoms. The Labute approximate surface area is 114 Å². The number of nitrogens with one attached hydrogen (secondary N) is 1. The van der Waals surface area contributed by atoms with Crippen molar-refractivity contribution in [2.75, 3.05) is 38.1 Å². The lowest BCUT2D eigenvalue weighted by atomic mass is 10.2. The zero-order chi connectivity index (χ0) is 13.8. The molecule has 0 bridgehead atoms. The molecule has 2 rings (SSSR count). The Balaban J connectivity index is 2.10. The first-order valence-electron chi connectivity index (χ1n) is 6.77. The van der Waals surface area contributed by atoms with Crippen LogP contribution in [0.5, 0.6) is 0 Å². The molecule has 1 aliphatic heterocycles. The van der Waals surface area contributed by atoms with E-state index < -0.39 is 0 Å². The molecule has 1 fully saturated rings. The van der Waals surface area contributed by atoms with Crippen molar-refractivity contribution >= 4 is 11.7 Å². The van der Waals surface area contributed by atoms with Gasteiger partial charge in [0, 0.05) is 32.9 Å². The molecule has 0 unspecified atom stereocenters. The molecule has 1 aromatic rings. The van der Waals surface area contributed by atoms with Crippen molar-refractivity contribution in [2.24, 2.45) is 0 Å². The summed E-state index contributed by atoms with van der Waals surface area (Å²) in [4.78, 5) is 20.1. The first-order chi connectivity index (χ1) is 9.11. The lowest BCUT2D eigenvalue weighted by Gasteiger charge is -2.33. The molecule has 0 radical (unpaired) electrons. The average molecular weight is 262 g/mol. The van der Waals surface area contributed by atoms with Gasteiger partial charge in [0.2, 0.25) is 5.91 Å². The summed E-state index contributed by atoms with van der Waals surface area (Å²) in [5, 5.41) is 3.29. The van der Waals surface area contributed by atoms with E-state index in [1.807, 2.05) is 13.2 Å². The van der Waals surface area contributed by atoms with Gasteiger partial charge in [-0.2, -0.15) is 0 Å². The quantitative estimate of drug-likeness (QED) is 0.871. The maximum absolute atomic E-state index is 11.7. The van der Waals surface area contributed by atoms with Crippen LogP contribution in [0.25, 0.3) is 0 Å². The Morgan fingerprint density at radius 3 is 2.84 bits per heavy atom. The molecule has 1 aliphatic rings. The molecule has 1 aromatic heterocycles. The van der Waals surface area contributed by atoms with Crippen LogP contribution >= 0.6 is 0 Å². The molecule has 0 aliphatic carbocycles. The van der Waals surface area contributed by atoms with Crippen molar-refractivity contribution in [2.45, 2.75) is 20.4 Å². The van der Waals surface area contributed by atoms with Gasteiger partial charge in [-0.1, -0.05) is 6.92 Å². The summed E-state index contributed by atoms with van der Waals surface area (Å²) < 4.78 is 0. The van der Waals surface area contributed by atoms with E-state index in [0.29, 0.717) is 6.54 Å². The number of nitrogens with zero attached hydrogens (tertiary/aromatic N) is 3. The summed E-state index contributed by atoms with van der Waals surface area (Å²) >= 11 is 0. The van der Waals surface area contributed by atoms with E-state index in [0.717, 1.165) is 37.6 Å². The number of pyridine rings is 1. The number of aryl methyl sites for hydroxylation is 1. The molecular formula is C14H22N4O. The van der Waals surface area contributed by atoms with Crippen LogP contribution in [-0.4, -0.2) is 49.0 Å². The van der Waals surface area contributed by atoms with Crippen LogP contribution < -0.4 is 10.2 Å². The molecule has 0 aromatic carbocycles. The Morgan fingerprint density at radius 1 is 1.42 bits per heavy atom. The second-order valence-electron chi connectivity index (χ2n) is 5.00. The van der Waals surface area contributed by atoms with Gasteiger partial charge >= 0.3 is 0 Å². The maximum atomic E-state index is 11.7. The van der Waals surface area contributed by atoms with Crippen LogP contribution in [0.4, 0.5) is 5.82 Å². The molecule has 0 atom stereocenters. The standard InChI is InChI=1S/C14H22N4O/c1-4-15-8-12-7-11(2)14(16-9-12)18-6-5-17(3)13(19)10-18/h7,9,15H,4-6,8,10H2,1-3H3. The topological polar surface area (TPSA) is 48.5 Å². The second-order valence-corrected chi connectivity index (χ2v) is 5.00. The zero-order valence-electron chi connectivity index (χ0n) is 11.9. The molecule has 1 N–H and O–H groups in total. The van der Waals surface area contributed by atoms with Crippen LogP contribution in [0.1, 0.15) is 18.1 Å². The molecule has 1 saturated heterocycles. The normalized spacial score (nSPS) is 16.1. The lowest BCUT2D eigenvalue weighted by Crippen LogP contribution is -2.49. The van der Waals surface area contributed by atoms with E-state index in [-0.39, 0.29) is 5.91 Å². The number of aromatic nitrogens is 1. The largest absolute Gasteiger partial charge is 0.345 e. The monoisotopic (exact) mass is 262 g/mol. The highest BCUT2D eigenvalue weighted by Gasteiger charge is 2.22. The number of carbonyl (C=O) groups excluding carboxylic acids is 1. The van der Waals surface area contributed by atoms with E-state index in [9.17, 15) is 4.79 Å². The summed E-state index contributed by atoms with van der Waals surface area (Å²) in [6, 6.07) is 2.15. The third-order valence-corrected chi connectivity index (χ3v) is 3.44. The predicted molar refractivity (Wildman–Crippen MR) is 76.2 cm³/mol. The third kappa shape index (κ3) is 3.23. The van der Waals surface area contributed by atoms with Crippen LogP contribution in [0.3, 0.4) is 0 Å². The first-order valence-corrected chi connectivity index (χ1v) is 6.77. The second kappa shape index (κ2) is 6.02. The predicted octanol–water partition coefficient (Wildman–Crippen LogP) is 0.778. The molecule has 2 heterocycles. The van der Waals surface area contributed by atoms with Crippen molar-refractivity contribution in [3.8, 4) is 0 Å². The van der Waals surface area contributed by atoms with Gasteiger partial charge in [-0.25, -0.2) is 4.98 Å². The summed E-state index contributed by atoms with van der Waals surface area (Å²) in [7, 11) is 1.85. The van der Waals surface area contributed by atoms with Crippen molar-refractivity contribution in [1.29, 1.82) is 0 Å². The van der Waals surface area contributed by atoms with E-state index in [1.165, 1.54) is 5.56 Å². The van der Waals surface area contributed by atoms with E-state index in [2.05, 4.69) is 35.1 Å². The lowest BCUT2D eigenvalue weighted by molar-refractivity contribution is -0.129. The highest BCUT2D eigenvalue weighted by atomic mass is 16.2. The number of carbonyl (C=O) groups is 1. The number of anilines is 1. The molecule has 5 nitrogen and oxygen atoms in total. The van der Waals surface area contributed by atoms with E-state index in [4.69, 9.17) is 0 Å². The van der Waals surface area contributed by atoms with E-state index in [1.54, 1.807) is 4.90 Å². The fourth-order valence-corrected chi connectivity index (χ4v) is 2.26. The average Bonchev–Trinajstić information content (AvgIpc) is 2.40. The van der Waals surface area contributed by atoms with E-state index >= 15 is 0 Å². The van der Waals surface area contributed by atoms with Crippen LogP contribution in [0.15, 0.2) is 12.3 Å². The van der Waals surface area contributed by atoms with Gasteiger partial charge in [-0.05, 0) is 30.7 Å². The van der Waals surface area contributed by atoms with Gasteiger partial charge in [0.05, 0.1) is 6.54 Å². The van der Waals surface area contributed by atoms with Crippen molar-refractivity contribution in [1.82, 2.24) is 15.2 Å². The smallest absolute Gasteiger partial charge is 0.241 e. The number of rotatable bonds is 4. The van der Waals surface area contributed by atoms with Crippen LogP contribution in [0.2, 0.25) is 0 Å². The van der Waals surface area contributed by atoms with Gasteiger partial charge in [0.25, 0.3) is 0 Å². The highest BCUT2D eigenvalue weighted by Crippen LogP contribution is 2.19. The Morgan fingerprint density at radius 2 is 2.21 bits per heavy atom. The minimum Gasteiger partial charge on any atom is -0.345 e. The maximum Gasteiger partial charge on any atom is 0.241 e. The van der Waals surface area contributed by atoms with Gasteiger partial charge in [0.15, 0.2) is 0 Å². The van der Waals surface area contributed by atoms with Crippen molar-refractivity contribution < 1.29 is 4.79 Å². The van der Waals surface area contributed by atoms with Crippen LogP contribution in [-0.2, 0) is 11.3 Å². The number of amides is 1. The number of likely N-dealkylation sites (N-methyl/N-ethyl adjacent to an activating group) is 1. The number of hydrogen-bond donors (Lipinski definition) is 1. The van der Waals surface area contributed by atoms with Crippen LogP contribution in [0, 0.1) is 6.92 Å². The number of hydrogen-bond acceptors (Lipinski definition) is 4. The minimum absolute atomic E-state index is 0.157. The van der Waals surface area contributed by atoms with Crippen molar-refractivity contribution in [3.63, 3.8) is 0 Å². The van der Waals surface area contributed by atoms with Gasteiger partial charge in [-0.3, -0.25) is 4.79 Å². The molecule has 0 saturated carbocycles. The molecular weight excluding hydrogens is 240 g/mol. The van der Waals surface area contributed by atoms with Gasteiger partial charge in [-0.15, -0.1) is 0 Å². The first kappa shape index (κ1) is 13.8. The fraction of sp³-hybridized carbons (Fsp3) is 0.571. The minimum atomic E-state index is 0.157. The van der Waals surface area contributed by atoms with Gasteiger partial charge < -0.3 is 15.1 Å². The Bertz CT molecular complexity index is 461. The summed E-state index contributed by atoms with van der Waals surface area (Å²) in [6.45, 7) is 7.98. The summed E-state index contributed by atoms with van der Waals surface area (Å²) in [5.41, 5.74) is 2.32. The fourth-order valence-electron chi connectivity index (χ4n) is 2.26. The molecule has 104 valence electrons. The SMILES string of the molecule is CCNCc1cnc(N2CCN(C)C(=O)C2)c(C)c1. The molecule has 0 spiro atoms. The van der Waals surface area contributed by atoms with Crippen molar-refractivity contribution in [3.05, 3.63) is 23.4 Å². The Kier molecular flexibility index (Phi) is 4.37. The third-order valence-electron chi connectivity index (χ3n) is 3.44. The summed E-state index contributed by atoms with van der Waals surface area (Å²) in [6.07, 6.45) is 1.90. The Hall–Kier alpha value is -1.62. The zero-order valence-corrected chi connectivity index (χ0v) is 11.9. The summed E-state index contributed by atoms with van der Waals surface area (Å²) in [5.74, 6) is 1.09. The van der Waals surface area contributed by atoms with Gasteiger partial charge in [0.1, 0.15) is 5.82 Å². The highest BCUT2D eigenvalue weighted by molar-refractivity contribution is 5.82.